The van der Waals surface area contributed by atoms with Crippen molar-refractivity contribution in [3.8, 4) is 0 Å². The number of hydrogen-bond acceptors (Lipinski definition) is 3. The van der Waals surface area contributed by atoms with Crippen LogP contribution in [0.25, 0.3) is 0 Å². The normalized spacial score (nSPS) is 18.6. The van der Waals surface area contributed by atoms with Gasteiger partial charge in [0, 0.05) is 23.8 Å². The highest BCUT2D eigenvalue weighted by Crippen LogP contribution is 2.24. The number of benzene rings is 1. The molecular formula is C15H22N2OS. The Balaban J connectivity index is 1.89. The third-order valence-electron chi connectivity index (χ3n) is 3.27. The number of carbonyl (C=O) groups excluding carboxylic acids is 1. The van der Waals surface area contributed by atoms with Gasteiger partial charge in [0.1, 0.15) is 0 Å². The van der Waals surface area contributed by atoms with E-state index in [1.54, 1.807) is 0 Å². The van der Waals surface area contributed by atoms with E-state index in [9.17, 15) is 4.79 Å². The third kappa shape index (κ3) is 4.46. The Bertz CT molecular complexity index is 428. The van der Waals surface area contributed by atoms with Crippen LogP contribution in [0, 0.1) is 11.8 Å². The highest BCUT2D eigenvalue weighted by molar-refractivity contribution is 7.99. The van der Waals surface area contributed by atoms with Crippen LogP contribution in [0.15, 0.2) is 24.3 Å². The van der Waals surface area contributed by atoms with Crippen molar-refractivity contribution in [2.24, 2.45) is 11.8 Å². The van der Waals surface area contributed by atoms with Crippen molar-refractivity contribution in [2.75, 3.05) is 28.7 Å². The van der Waals surface area contributed by atoms with Gasteiger partial charge in [-0.15, -0.1) is 0 Å². The Hall–Kier alpha value is -1.16. The van der Waals surface area contributed by atoms with Gasteiger partial charge in [-0.25, -0.2) is 0 Å². The molecule has 0 radical (unpaired) electrons. The zero-order valence-electron chi connectivity index (χ0n) is 11.6. The molecule has 1 heterocycles. The van der Waals surface area contributed by atoms with Crippen LogP contribution in [0.1, 0.15) is 20.3 Å². The predicted octanol–water partition coefficient (Wildman–Crippen LogP) is 3.45. The van der Waals surface area contributed by atoms with Gasteiger partial charge in [-0.3, -0.25) is 4.79 Å². The highest BCUT2D eigenvalue weighted by atomic mass is 32.2. The molecule has 2 rings (SSSR count). The molecule has 1 aliphatic heterocycles. The molecule has 1 unspecified atom stereocenters. The summed E-state index contributed by atoms with van der Waals surface area (Å²) in [5, 5.41) is 6.39. The number of nitrogens with one attached hydrogen (secondary N) is 2. The highest BCUT2D eigenvalue weighted by Gasteiger charge is 2.14. The van der Waals surface area contributed by atoms with E-state index < -0.39 is 0 Å². The van der Waals surface area contributed by atoms with Crippen LogP contribution in [0.4, 0.5) is 11.4 Å². The second-order valence-electron chi connectivity index (χ2n) is 5.34. The molecule has 0 saturated carbocycles. The topological polar surface area (TPSA) is 41.1 Å². The van der Waals surface area contributed by atoms with Crippen LogP contribution >= 0.6 is 11.8 Å². The predicted molar refractivity (Wildman–Crippen MR) is 83.8 cm³/mol. The maximum absolute atomic E-state index is 11.7. The summed E-state index contributed by atoms with van der Waals surface area (Å²) in [5.74, 6) is 3.39. The van der Waals surface area contributed by atoms with Gasteiger partial charge < -0.3 is 10.6 Å². The molecule has 4 heteroatoms. The minimum Gasteiger partial charge on any atom is -0.385 e. The van der Waals surface area contributed by atoms with Crippen molar-refractivity contribution in [2.45, 2.75) is 20.3 Å². The minimum atomic E-state index is 0.00660. The van der Waals surface area contributed by atoms with Gasteiger partial charge in [-0.2, -0.15) is 11.8 Å². The average Bonchev–Trinajstić information content (AvgIpc) is 2.90. The van der Waals surface area contributed by atoms with Gasteiger partial charge in [0.15, 0.2) is 0 Å². The molecule has 1 saturated heterocycles. The van der Waals surface area contributed by atoms with E-state index in [0.29, 0.717) is 0 Å². The SMILES string of the molecule is CC(C)C(=O)Nc1cccc(NCC2CCSC2)c1. The molecule has 0 aliphatic carbocycles. The Morgan fingerprint density at radius 3 is 2.89 bits per heavy atom. The zero-order chi connectivity index (χ0) is 13.7. The summed E-state index contributed by atoms with van der Waals surface area (Å²) in [5.41, 5.74) is 1.95. The second-order valence-corrected chi connectivity index (χ2v) is 6.49. The zero-order valence-corrected chi connectivity index (χ0v) is 12.4. The van der Waals surface area contributed by atoms with E-state index in [1.807, 2.05) is 49.9 Å². The molecule has 104 valence electrons. The summed E-state index contributed by atoms with van der Waals surface area (Å²) in [6, 6.07) is 7.95. The van der Waals surface area contributed by atoms with E-state index in [0.717, 1.165) is 23.8 Å². The van der Waals surface area contributed by atoms with Gasteiger partial charge in [-0.05, 0) is 42.0 Å². The fourth-order valence-corrected chi connectivity index (χ4v) is 3.28. The fraction of sp³-hybridized carbons (Fsp3) is 0.533. The number of hydrogen-bond donors (Lipinski definition) is 2. The molecular weight excluding hydrogens is 256 g/mol. The van der Waals surface area contributed by atoms with Gasteiger partial charge in [0.25, 0.3) is 0 Å². The van der Waals surface area contributed by atoms with Crippen molar-refractivity contribution in [1.82, 2.24) is 0 Å². The van der Waals surface area contributed by atoms with Crippen LogP contribution in [0.3, 0.4) is 0 Å². The standard InChI is InChI=1S/C15H22N2OS/c1-11(2)15(18)17-14-5-3-4-13(8-14)16-9-12-6-7-19-10-12/h3-5,8,11-12,16H,6-7,9-10H2,1-2H3,(H,17,18). The molecule has 0 bridgehead atoms. The fourth-order valence-electron chi connectivity index (χ4n) is 2.00. The van der Waals surface area contributed by atoms with Gasteiger partial charge in [0.05, 0.1) is 0 Å². The van der Waals surface area contributed by atoms with Crippen LogP contribution in [0.2, 0.25) is 0 Å². The van der Waals surface area contributed by atoms with E-state index in [-0.39, 0.29) is 11.8 Å². The lowest BCUT2D eigenvalue weighted by Crippen LogP contribution is -2.18. The summed E-state index contributed by atoms with van der Waals surface area (Å²) >= 11 is 2.04. The Kier molecular flexibility index (Phi) is 5.14. The molecule has 0 aromatic heterocycles. The van der Waals surface area contributed by atoms with Gasteiger partial charge >= 0.3 is 0 Å². The number of carbonyl (C=O) groups is 1. The lowest BCUT2D eigenvalue weighted by atomic mass is 10.1. The van der Waals surface area contributed by atoms with E-state index >= 15 is 0 Å². The molecule has 1 atom stereocenters. The van der Waals surface area contributed by atoms with Crippen molar-refractivity contribution in [3.63, 3.8) is 0 Å². The summed E-state index contributed by atoms with van der Waals surface area (Å²) in [6.45, 7) is 4.82. The minimum absolute atomic E-state index is 0.00660. The Morgan fingerprint density at radius 2 is 2.21 bits per heavy atom. The molecule has 0 spiro atoms. The van der Waals surface area contributed by atoms with E-state index in [1.165, 1.54) is 17.9 Å². The smallest absolute Gasteiger partial charge is 0.226 e. The third-order valence-corrected chi connectivity index (χ3v) is 4.50. The molecule has 1 aromatic rings. The first-order valence-electron chi connectivity index (χ1n) is 6.87. The quantitative estimate of drug-likeness (QED) is 0.867. The Morgan fingerprint density at radius 1 is 1.42 bits per heavy atom. The summed E-state index contributed by atoms with van der Waals surface area (Å²) in [6.07, 6.45) is 1.31. The first-order chi connectivity index (χ1) is 9.15. The monoisotopic (exact) mass is 278 g/mol. The number of anilines is 2. The lowest BCUT2D eigenvalue weighted by Gasteiger charge is -2.13. The van der Waals surface area contributed by atoms with Crippen molar-refractivity contribution in [3.05, 3.63) is 24.3 Å². The molecule has 19 heavy (non-hydrogen) atoms. The molecule has 1 aliphatic rings. The first-order valence-corrected chi connectivity index (χ1v) is 8.03. The van der Waals surface area contributed by atoms with Gasteiger partial charge in [-0.1, -0.05) is 19.9 Å². The maximum atomic E-state index is 11.7. The maximum Gasteiger partial charge on any atom is 0.226 e. The van der Waals surface area contributed by atoms with Gasteiger partial charge in [0.2, 0.25) is 5.91 Å². The average molecular weight is 278 g/mol. The summed E-state index contributed by atoms with van der Waals surface area (Å²) in [7, 11) is 0. The van der Waals surface area contributed by atoms with Crippen LogP contribution in [0.5, 0.6) is 0 Å². The molecule has 3 nitrogen and oxygen atoms in total. The van der Waals surface area contributed by atoms with Crippen molar-refractivity contribution in [1.29, 1.82) is 0 Å². The lowest BCUT2D eigenvalue weighted by molar-refractivity contribution is -0.118. The summed E-state index contributed by atoms with van der Waals surface area (Å²) < 4.78 is 0. The van der Waals surface area contributed by atoms with Crippen LogP contribution in [-0.4, -0.2) is 24.0 Å². The molecule has 1 fully saturated rings. The first kappa shape index (κ1) is 14.3. The molecule has 2 N–H and O–H groups in total. The van der Waals surface area contributed by atoms with Crippen LogP contribution in [-0.2, 0) is 4.79 Å². The molecule has 1 aromatic carbocycles. The summed E-state index contributed by atoms with van der Waals surface area (Å²) in [4.78, 5) is 11.7. The Labute approximate surface area is 119 Å². The van der Waals surface area contributed by atoms with E-state index in [4.69, 9.17) is 0 Å². The largest absolute Gasteiger partial charge is 0.385 e. The number of amides is 1. The van der Waals surface area contributed by atoms with Crippen molar-refractivity contribution < 1.29 is 4.79 Å². The molecule has 1 amide bonds. The second kappa shape index (κ2) is 6.85. The van der Waals surface area contributed by atoms with E-state index in [2.05, 4.69) is 10.6 Å². The number of rotatable bonds is 5. The van der Waals surface area contributed by atoms with Crippen LogP contribution < -0.4 is 10.6 Å². The van der Waals surface area contributed by atoms with Crippen molar-refractivity contribution >= 4 is 29.0 Å². The number of thioether (sulfide) groups is 1.